The second-order valence-corrected chi connectivity index (χ2v) is 6.48. The zero-order valence-electron chi connectivity index (χ0n) is 12.7. The number of rotatable bonds is 5. The van der Waals surface area contributed by atoms with Gasteiger partial charge in [-0.15, -0.1) is 12.4 Å². The van der Waals surface area contributed by atoms with Crippen molar-refractivity contribution in [2.45, 2.75) is 50.0 Å². The van der Waals surface area contributed by atoms with E-state index in [1.807, 2.05) is 6.07 Å². The molecule has 2 fully saturated rings. The average molecular weight is 327 g/mol. The van der Waals surface area contributed by atoms with Crippen molar-refractivity contribution < 1.29 is 9.18 Å². The van der Waals surface area contributed by atoms with Gasteiger partial charge in [-0.3, -0.25) is 4.79 Å². The van der Waals surface area contributed by atoms with E-state index in [4.69, 9.17) is 5.73 Å². The normalized spacial score (nSPS) is 21.0. The Hall–Kier alpha value is -1.13. The second kappa shape index (κ2) is 6.97. The van der Waals surface area contributed by atoms with Crippen LogP contribution in [0.1, 0.15) is 44.1 Å². The van der Waals surface area contributed by atoms with Gasteiger partial charge in [-0.25, -0.2) is 4.39 Å². The fourth-order valence-corrected chi connectivity index (χ4v) is 3.52. The van der Waals surface area contributed by atoms with Crippen LogP contribution in [-0.4, -0.2) is 18.5 Å². The SMILES string of the molecule is Cl.NC(CNC(=O)C1(c2ccccc2F)CCCC1)C1CC1. The van der Waals surface area contributed by atoms with Crippen molar-refractivity contribution in [3.63, 3.8) is 0 Å². The van der Waals surface area contributed by atoms with Gasteiger partial charge in [0.25, 0.3) is 0 Å². The lowest BCUT2D eigenvalue weighted by Crippen LogP contribution is -2.47. The molecule has 0 heterocycles. The quantitative estimate of drug-likeness (QED) is 0.874. The maximum Gasteiger partial charge on any atom is 0.230 e. The van der Waals surface area contributed by atoms with Crippen LogP contribution in [0.15, 0.2) is 24.3 Å². The number of nitrogens with two attached hydrogens (primary N) is 1. The van der Waals surface area contributed by atoms with Gasteiger partial charge in [0, 0.05) is 18.2 Å². The van der Waals surface area contributed by atoms with Crippen molar-refractivity contribution in [3.05, 3.63) is 35.6 Å². The van der Waals surface area contributed by atoms with Gasteiger partial charge in [0.15, 0.2) is 0 Å². The zero-order chi connectivity index (χ0) is 14.9. The van der Waals surface area contributed by atoms with Crippen molar-refractivity contribution in [1.29, 1.82) is 0 Å². The van der Waals surface area contributed by atoms with E-state index in [-0.39, 0.29) is 30.2 Å². The minimum absolute atomic E-state index is 0. The van der Waals surface area contributed by atoms with Gasteiger partial charge in [-0.2, -0.15) is 0 Å². The first kappa shape index (κ1) is 17.2. The molecule has 1 unspecified atom stereocenters. The van der Waals surface area contributed by atoms with Gasteiger partial charge in [0.2, 0.25) is 5.91 Å². The third-order valence-electron chi connectivity index (χ3n) is 5.01. The molecule has 22 heavy (non-hydrogen) atoms. The Morgan fingerprint density at radius 3 is 2.55 bits per heavy atom. The number of halogens is 2. The lowest BCUT2D eigenvalue weighted by molar-refractivity contribution is -0.126. The summed E-state index contributed by atoms with van der Waals surface area (Å²) < 4.78 is 14.2. The predicted molar refractivity (Wildman–Crippen MR) is 87.5 cm³/mol. The van der Waals surface area contributed by atoms with Gasteiger partial charge < -0.3 is 11.1 Å². The average Bonchev–Trinajstić information content (AvgIpc) is 3.23. The van der Waals surface area contributed by atoms with E-state index >= 15 is 0 Å². The number of carbonyl (C=O) groups is 1. The highest BCUT2D eigenvalue weighted by Crippen LogP contribution is 2.42. The van der Waals surface area contributed by atoms with Crippen molar-refractivity contribution in [2.75, 3.05) is 6.54 Å². The highest BCUT2D eigenvalue weighted by atomic mass is 35.5. The smallest absolute Gasteiger partial charge is 0.230 e. The Labute approximate surface area is 137 Å². The van der Waals surface area contributed by atoms with Crippen LogP contribution >= 0.6 is 12.4 Å². The second-order valence-electron chi connectivity index (χ2n) is 6.48. The first-order chi connectivity index (χ1) is 10.1. The Balaban J connectivity index is 0.00000176. The molecule has 0 aliphatic heterocycles. The van der Waals surface area contributed by atoms with Crippen LogP contribution in [0.2, 0.25) is 0 Å². The van der Waals surface area contributed by atoms with Gasteiger partial charge in [0.1, 0.15) is 5.82 Å². The van der Waals surface area contributed by atoms with E-state index in [0.29, 0.717) is 18.0 Å². The summed E-state index contributed by atoms with van der Waals surface area (Å²) in [5.41, 5.74) is 5.89. The van der Waals surface area contributed by atoms with E-state index in [1.54, 1.807) is 12.1 Å². The summed E-state index contributed by atoms with van der Waals surface area (Å²) in [6.07, 6.45) is 5.70. The standard InChI is InChI=1S/C17H23FN2O.ClH/c18-14-6-2-1-5-13(14)17(9-3-4-10-17)16(21)20-11-15(19)12-7-8-12;/h1-2,5-6,12,15H,3-4,7-11,19H2,(H,20,21);1H. The molecule has 1 aromatic carbocycles. The Kier molecular flexibility index (Phi) is 5.45. The molecular formula is C17H24ClFN2O. The molecule has 2 aliphatic carbocycles. The molecule has 0 bridgehead atoms. The van der Waals surface area contributed by atoms with E-state index in [9.17, 15) is 9.18 Å². The number of carbonyl (C=O) groups excluding carboxylic acids is 1. The molecule has 3 rings (SSSR count). The van der Waals surface area contributed by atoms with Crippen LogP contribution in [-0.2, 0) is 10.2 Å². The number of hydrogen-bond donors (Lipinski definition) is 2. The molecule has 1 amide bonds. The molecule has 0 aromatic heterocycles. The van der Waals surface area contributed by atoms with E-state index in [0.717, 1.165) is 38.5 Å². The zero-order valence-corrected chi connectivity index (χ0v) is 13.5. The summed E-state index contributed by atoms with van der Waals surface area (Å²) in [6, 6.07) is 6.71. The molecule has 0 saturated heterocycles. The van der Waals surface area contributed by atoms with Gasteiger partial charge in [-0.1, -0.05) is 31.0 Å². The van der Waals surface area contributed by atoms with Crippen LogP contribution in [0, 0.1) is 11.7 Å². The van der Waals surface area contributed by atoms with E-state index in [1.165, 1.54) is 6.07 Å². The summed E-state index contributed by atoms with van der Waals surface area (Å²) in [5, 5.41) is 2.98. The fourth-order valence-electron chi connectivity index (χ4n) is 3.52. The maximum absolute atomic E-state index is 14.2. The molecule has 0 spiro atoms. The monoisotopic (exact) mass is 326 g/mol. The van der Waals surface area contributed by atoms with Crippen LogP contribution in [0.25, 0.3) is 0 Å². The summed E-state index contributed by atoms with van der Waals surface area (Å²) in [7, 11) is 0. The Bertz CT molecular complexity index is 527. The number of nitrogens with one attached hydrogen (secondary N) is 1. The minimum atomic E-state index is -0.700. The molecule has 3 nitrogen and oxygen atoms in total. The summed E-state index contributed by atoms with van der Waals surface area (Å²) in [5.74, 6) is 0.223. The number of benzene rings is 1. The molecule has 122 valence electrons. The van der Waals surface area contributed by atoms with Crippen LogP contribution in [0.4, 0.5) is 4.39 Å². The van der Waals surface area contributed by atoms with Crippen molar-refractivity contribution in [2.24, 2.45) is 11.7 Å². The minimum Gasteiger partial charge on any atom is -0.354 e. The topological polar surface area (TPSA) is 55.1 Å². The van der Waals surface area contributed by atoms with Crippen molar-refractivity contribution >= 4 is 18.3 Å². The molecular weight excluding hydrogens is 303 g/mol. The Morgan fingerprint density at radius 2 is 1.95 bits per heavy atom. The molecule has 1 aromatic rings. The van der Waals surface area contributed by atoms with Crippen molar-refractivity contribution in [1.82, 2.24) is 5.32 Å². The highest BCUT2D eigenvalue weighted by molar-refractivity contribution is 5.88. The maximum atomic E-state index is 14.2. The van der Waals surface area contributed by atoms with Crippen LogP contribution in [0.5, 0.6) is 0 Å². The molecule has 2 saturated carbocycles. The summed E-state index contributed by atoms with van der Waals surface area (Å²) in [4.78, 5) is 12.7. The summed E-state index contributed by atoms with van der Waals surface area (Å²) in [6.45, 7) is 0.500. The highest BCUT2D eigenvalue weighted by Gasteiger charge is 2.44. The lowest BCUT2D eigenvalue weighted by atomic mass is 9.77. The number of amides is 1. The van der Waals surface area contributed by atoms with Gasteiger partial charge in [-0.05, 0) is 37.7 Å². The predicted octanol–water partition coefficient (Wildman–Crippen LogP) is 2.91. The molecule has 3 N–H and O–H groups in total. The van der Waals surface area contributed by atoms with Gasteiger partial charge in [0.05, 0.1) is 5.41 Å². The molecule has 5 heteroatoms. The van der Waals surface area contributed by atoms with Gasteiger partial charge >= 0.3 is 0 Å². The van der Waals surface area contributed by atoms with E-state index < -0.39 is 5.41 Å². The fraction of sp³-hybridized carbons (Fsp3) is 0.588. The van der Waals surface area contributed by atoms with Crippen LogP contribution < -0.4 is 11.1 Å². The first-order valence-electron chi connectivity index (χ1n) is 7.92. The third-order valence-corrected chi connectivity index (χ3v) is 5.01. The molecule has 1 atom stereocenters. The number of hydrogen-bond acceptors (Lipinski definition) is 2. The Morgan fingerprint density at radius 1 is 1.32 bits per heavy atom. The molecule has 2 aliphatic rings. The lowest BCUT2D eigenvalue weighted by Gasteiger charge is -2.29. The van der Waals surface area contributed by atoms with E-state index in [2.05, 4.69) is 5.32 Å². The largest absolute Gasteiger partial charge is 0.354 e. The first-order valence-corrected chi connectivity index (χ1v) is 7.92. The summed E-state index contributed by atoms with van der Waals surface area (Å²) >= 11 is 0. The molecule has 0 radical (unpaired) electrons. The third kappa shape index (κ3) is 3.28. The van der Waals surface area contributed by atoms with Crippen LogP contribution in [0.3, 0.4) is 0 Å². The van der Waals surface area contributed by atoms with Crippen molar-refractivity contribution in [3.8, 4) is 0 Å².